The van der Waals surface area contributed by atoms with Gasteiger partial charge in [-0.05, 0) is 18.8 Å². The van der Waals surface area contributed by atoms with E-state index in [0.29, 0.717) is 13.1 Å². The van der Waals surface area contributed by atoms with Gasteiger partial charge in [0.05, 0.1) is 13.3 Å². The maximum atomic E-state index is 12.1. The quantitative estimate of drug-likeness (QED) is 0.788. The summed E-state index contributed by atoms with van der Waals surface area (Å²) in [5, 5.41) is 18.9. The molecule has 21 heavy (non-hydrogen) atoms. The minimum atomic E-state index is -0.639. The number of nitrogens with one attached hydrogen (secondary N) is 1. The fourth-order valence-corrected chi connectivity index (χ4v) is 2.19. The molecular formula is C12H19N5O4. The van der Waals surface area contributed by atoms with E-state index in [1.54, 1.807) is 4.90 Å². The summed E-state index contributed by atoms with van der Waals surface area (Å²) < 4.78 is 5.80. The third-order valence-corrected chi connectivity index (χ3v) is 3.48. The second kappa shape index (κ2) is 7.02. The average molecular weight is 297 g/mol. The van der Waals surface area contributed by atoms with Gasteiger partial charge in [-0.3, -0.25) is 10.1 Å². The van der Waals surface area contributed by atoms with E-state index in [1.165, 1.54) is 18.0 Å². The maximum absolute atomic E-state index is 12.1. The van der Waals surface area contributed by atoms with Crippen molar-refractivity contribution < 1.29 is 19.4 Å². The van der Waals surface area contributed by atoms with Gasteiger partial charge in [0, 0.05) is 19.7 Å². The SMILES string of the molecule is COC(=O)Nc1cn(CC(=O)N2CCC(CO)CC2)nn1. The highest BCUT2D eigenvalue weighted by atomic mass is 16.5. The minimum Gasteiger partial charge on any atom is -0.453 e. The van der Waals surface area contributed by atoms with Crippen LogP contribution in [0.3, 0.4) is 0 Å². The molecule has 116 valence electrons. The van der Waals surface area contributed by atoms with Crippen molar-refractivity contribution >= 4 is 17.8 Å². The first kappa shape index (κ1) is 15.2. The standard InChI is InChI=1S/C12H19N5O4/c1-21-12(20)13-10-6-17(15-14-10)7-11(19)16-4-2-9(8-18)3-5-16/h6,9,18H,2-5,7-8H2,1H3,(H,13,20). The summed E-state index contributed by atoms with van der Waals surface area (Å²) in [5.74, 6) is 0.464. The number of likely N-dealkylation sites (tertiary alicyclic amines) is 1. The van der Waals surface area contributed by atoms with Crippen molar-refractivity contribution in [1.29, 1.82) is 0 Å². The molecule has 2 amide bonds. The Morgan fingerprint density at radius 3 is 2.81 bits per heavy atom. The minimum absolute atomic E-state index is 0.0547. The third-order valence-electron chi connectivity index (χ3n) is 3.48. The Kier molecular flexibility index (Phi) is 5.09. The first-order valence-electron chi connectivity index (χ1n) is 6.76. The molecule has 0 atom stereocenters. The number of nitrogens with zero attached hydrogens (tertiary/aromatic N) is 4. The normalized spacial score (nSPS) is 15.8. The summed E-state index contributed by atoms with van der Waals surface area (Å²) in [4.78, 5) is 24.9. The first-order valence-corrected chi connectivity index (χ1v) is 6.76. The summed E-state index contributed by atoms with van der Waals surface area (Å²) in [7, 11) is 1.25. The Bertz CT molecular complexity index is 496. The predicted octanol–water partition coefficient (Wildman–Crippen LogP) is -0.313. The number of aliphatic hydroxyl groups excluding tert-OH is 1. The second-order valence-electron chi connectivity index (χ2n) is 4.92. The summed E-state index contributed by atoms with van der Waals surface area (Å²) in [6.07, 6.45) is 2.46. The summed E-state index contributed by atoms with van der Waals surface area (Å²) in [6, 6.07) is 0. The van der Waals surface area contributed by atoms with Gasteiger partial charge >= 0.3 is 6.09 Å². The lowest BCUT2D eigenvalue weighted by atomic mass is 9.98. The number of amides is 2. The van der Waals surface area contributed by atoms with Crippen molar-refractivity contribution in [2.45, 2.75) is 19.4 Å². The van der Waals surface area contributed by atoms with Crippen LogP contribution in [0.1, 0.15) is 12.8 Å². The van der Waals surface area contributed by atoms with E-state index < -0.39 is 6.09 Å². The van der Waals surface area contributed by atoms with E-state index in [9.17, 15) is 9.59 Å². The molecular weight excluding hydrogens is 278 g/mol. The number of carbonyl (C=O) groups excluding carboxylic acids is 2. The Morgan fingerprint density at radius 1 is 1.48 bits per heavy atom. The Balaban J connectivity index is 1.84. The van der Waals surface area contributed by atoms with Crippen LogP contribution in [0, 0.1) is 5.92 Å². The number of hydrogen-bond acceptors (Lipinski definition) is 6. The van der Waals surface area contributed by atoms with Gasteiger partial charge in [0.2, 0.25) is 5.91 Å². The molecule has 2 rings (SSSR count). The Hall–Kier alpha value is -2.16. The average Bonchev–Trinajstić information content (AvgIpc) is 2.94. The highest BCUT2D eigenvalue weighted by molar-refractivity contribution is 5.82. The zero-order valence-electron chi connectivity index (χ0n) is 11.9. The number of carbonyl (C=O) groups is 2. The lowest BCUT2D eigenvalue weighted by Crippen LogP contribution is -2.40. The van der Waals surface area contributed by atoms with Gasteiger partial charge in [0.25, 0.3) is 0 Å². The molecule has 1 aromatic rings. The molecule has 1 aliphatic heterocycles. The molecule has 1 fully saturated rings. The van der Waals surface area contributed by atoms with Gasteiger partial charge in [-0.2, -0.15) is 0 Å². The molecule has 0 aromatic carbocycles. The molecule has 1 aromatic heterocycles. The number of methoxy groups -OCH3 is 1. The van der Waals surface area contributed by atoms with Crippen LogP contribution < -0.4 is 5.32 Å². The van der Waals surface area contributed by atoms with E-state index >= 15 is 0 Å². The lowest BCUT2D eigenvalue weighted by Gasteiger charge is -2.31. The van der Waals surface area contributed by atoms with E-state index in [0.717, 1.165) is 12.8 Å². The summed E-state index contributed by atoms with van der Waals surface area (Å²) in [5.41, 5.74) is 0. The van der Waals surface area contributed by atoms with Crippen molar-refractivity contribution in [3.8, 4) is 0 Å². The fourth-order valence-electron chi connectivity index (χ4n) is 2.19. The van der Waals surface area contributed by atoms with Crippen LogP contribution in [-0.4, -0.2) is 63.8 Å². The van der Waals surface area contributed by atoms with Gasteiger partial charge in [-0.1, -0.05) is 5.21 Å². The predicted molar refractivity (Wildman–Crippen MR) is 72.4 cm³/mol. The smallest absolute Gasteiger partial charge is 0.412 e. The zero-order chi connectivity index (χ0) is 15.2. The number of aliphatic hydroxyl groups is 1. The van der Waals surface area contributed by atoms with E-state index in [4.69, 9.17) is 5.11 Å². The van der Waals surface area contributed by atoms with Crippen molar-refractivity contribution in [2.24, 2.45) is 5.92 Å². The van der Waals surface area contributed by atoms with E-state index in [2.05, 4.69) is 20.4 Å². The largest absolute Gasteiger partial charge is 0.453 e. The number of ether oxygens (including phenoxy) is 1. The number of piperidine rings is 1. The van der Waals surface area contributed by atoms with Crippen LogP contribution >= 0.6 is 0 Å². The van der Waals surface area contributed by atoms with Crippen molar-refractivity contribution in [1.82, 2.24) is 19.9 Å². The van der Waals surface area contributed by atoms with Gasteiger partial charge in [-0.15, -0.1) is 5.10 Å². The molecule has 2 heterocycles. The molecule has 0 aliphatic carbocycles. The molecule has 0 unspecified atom stereocenters. The van der Waals surface area contributed by atoms with Gasteiger partial charge < -0.3 is 14.7 Å². The van der Waals surface area contributed by atoms with Crippen LogP contribution in [0.25, 0.3) is 0 Å². The van der Waals surface area contributed by atoms with E-state index in [1.807, 2.05) is 0 Å². The summed E-state index contributed by atoms with van der Waals surface area (Å²) in [6.45, 7) is 1.53. The van der Waals surface area contributed by atoms with Crippen LogP contribution in [0.5, 0.6) is 0 Å². The molecule has 9 nitrogen and oxygen atoms in total. The number of aromatic nitrogens is 3. The highest BCUT2D eigenvalue weighted by Gasteiger charge is 2.22. The van der Waals surface area contributed by atoms with Crippen LogP contribution in [0.2, 0.25) is 0 Å². The molecule has 0 spiro atoms. The first-order chi connectivity index (χ1) is 10.1. The van der Waals surface area contributed by atoms with E-state index in [-0.39, 0.29) is 30.8 Å². The lowest BCUT2D eigenvalue weighted by molar-refractivity contribution is -0.133. The molecule has 1 saturated heterocycles. The molecule has 2 N–H and O–H groups in total. The van der Waals surface area contributed by atoms with Crippen molar-refractivity contribution in [2.75, 3.05) is 32.1 Å². The van der Waals surface area contributed by atoms with Gasteiger partial charge in [-0.25, -0.2) is 9.48 Å². The van der Waals surface area contributed by atoms with Crippen molar-refractivity contribution in [3.63, 3.8) is 0 Å². The third kappa shape index (κ3) is 4.15. The number of anilines is 1. The highest BCUT2D eigenvalue weighted by Crippen LogP contribution is 2.16. The maximum Gasteiger partial charge on any atom is 0.412 e. The van der Waals surface area contributed by atoms with Crippen LogP contribution in [0.4, 0.5) is 10.6 Å². The van der Waals surface area contributed by atoms with Crippen LogP contribution in [0.15, 0.2) is 6.20 Å². The second-order valence-corrected chi connectivity index (χ2v) is 4.92. The molecule has 0 bridgehead atoms. The zero-order valence-corrected chi connectivity index (χ0v) is 11.9. The molecule has 0 saturated carbocycles. The Morgan fingerprint density at radius 2 is 2.19 bits per heavy atom. The monoisotopic (exact) mass is 297 g/mol. The fraction of sp³-hybridized carbons (Fsp3) is 0.667. The summed E-state index contributed by atoms with van der Waals surface area (Å²) >= 11 is 0. The topological polar surface area (TPSA) is 110 Å². The number of hydrogen-bond donors (Lipinski definition) is 2. The number of rotatable bonds is 4. The molecule has 0 radical (unpaired) electrons. The molecule has 9 heteroatoms. The van der Waals surface area contributed by atoms with Gasteiger partial charge in [0.1, 0.15) is 6.54 Å². The van der Waals surface area contributed by atoms with Gasteiger partial charge in [0.15, 0.2) is 5.82 Å². The Labute approximate surface area is 121 Å². The molecule has 1 aliphatic rings. The van der Waals surface area contributed by atoms with Crippen molar-refractivity contribution in [3.05, 3.63) is 6.20 Å². The van der Waals surface area contributed by atoms with Crippen LogP contribution in [-0.2, 0) is 16.1 Å².